The van der Waals surface area contributed by atoms with Crippen molar-refractivity contribution in [1.29, 1.82) is 0 Å². The summed E-state index contributed by atoms with van der Waals surface area (Å²) in [6, 6.07) is 0.488. The van der Waals surface area contributed by atoms with Crippen molar-refractivity contribution in [2.24, 2.45) is 7.05 Å². The second-order valence-electron chi connectivity index (χ2n) is 6.87. The number of piperidine rings is 1. The summed E-state index contributed by atoms with van der Waals surface area (Å²) in [7, 11) is 3.63. The lowest BCUT2D eigenvalue weighted by atomic mass is 9.91. The Morgan fingerprint density at radius 1 is 1.59 bits per heavy atom. The molecule has 0 spiro atoms. The number of hydrogen-bond donors (Lipinski definition) is 2. The number of aromatic nitrogens is 2. The highest BCUT2D eigenvalue weighted by Gasteiger charge is 2.32. The maximum atomic E-state index is 11.8. The molecule has 0 unspecified atom stereocenters. The topological polar surface area (TPSA) is 68.2 Å². The van der Waals surface area contributed by atoms with Crippen molar-refractivity contribution < 1.29 is 9.53 Å². The highest BCUT2D eigenvalue weighted by molar-refractivity contribution is 5.77. The van der Waals surface area contributed by atoms with Gasteiger partial charge in [0.1, 0.15) is 0 Å². The molecule has 2 N–H and O–H groups in total. The highest BCUT2D eigenvalue weighted by atomic mass is 16.5. The van der Waals surface area contributed by atoms with Crippen LogP contribution < -0.4 is 10.6 Å². The Morgan fingerprint density at radius 3 is 2.91 bits per heavy atom. The normalized spacial score (nSPS) is 24.1. The van der Waals surface area contributed by atoms with Crippen molar-refractivity contribution in [3.63, 3.8) is 0 Å². The van der Waals surface area contributed by atoms with E-state index in [0.29, 0.717) is 12.5 Å². The first kappa shape index (κ1) is 17.0. The number of rotatable bonds is 6. The fourth-order valence-electron chi connectivity index (χ4n) is 3.14. The molecule has 124 valence electrons. The van der Waals surface area contributed by atoms with Crippen LogP contribution in [0.5, 0.6) is 0 Å². The molecule has 1 aliphatic rings. The molecule has 2 rings (SSSR count). The van der Waals surface area contributed by atoms with E-state index in [1.807, 2.05) is 19.4 Å². The number of carbonyl (C=O) groups is 1. The van der Waals surface area contributed by atoms with E-state index in [0.717, 1.165) is 18.4 Å². The number of hydrogen-bond acceptors (Lipinski definition) is 4. The maximum Gasteiger partial charge on any atom is 0.220 e. The van der Waals surface area contributed by atoms with Crippen molar-refractivity contribution in [3.05, 3.63) is 18.0 Å². The fourth-order valence-corrected chi connectivity index (χ4v) is 3.14. The number of methoxy groups -OCH3 is 1. The minimum atomic E-state index is -0.159. The van der Waals surface area contributed by atoms with Crippen LogP contribution in [0.15, 0.2) is 12.4 Å². The molecule has 2 heterocycles. The minimum absolute atomic E-state index is 0.0249. The van der Waals surface area contributed by atoms with Gasteiger partial charge in [0.2, 0.25) is 5.91 Å². The van der Waals surface area contributed by atoms with Gasteiger partial charge in [0.15, 0.2) is 0 Å². The van der Waals surface area contributed by atoms with Crippen LogP contribution >= 0.6 is 0 Å². The van der Waals surface area contributed by atoms with Gasteiger partial charge in [-0.15, -0.1) is 0 Å². The Labute approximate surface area is 132 Å². The van der Waals surface area contributed by atoms with Crippen molar-refractivity contribution in [2.45, 2.75) is 63.8 Å². The van der Waals surface area contributed by atoms with Gasteiger partial charge < -0.3 is 15.4 Å². The van der Waals surface area contributed by atoms with E-state index in [4.69, 9.17) is 4.74 Å². The Morgan fingerprint density at radius 2 is 2.32 bits per heavy atom. The summed E-state index contributed by atoms with van der Waals surface area (Å²) in [4.78, 5) is 11.8. The number of nitrogens with zero attached hydrogens (tertiary/aromatic N) is 2. The summed E-state index contributed by atoms with van der Waals surface area (Å²) in [5.74, 6) is 0.108. The second kappa shape index (κ2) is 6.79. The maximum absolute atomic E-state index is 11.8. The molecule has 0 bridgehead atoms. The molecule has 0 saturated carbocycles. The zero-order chi connectivity index (χ0) is 16.3. The Kier molecular flexibility index (Phi) is 5.24. The van der Waals surface area contributed by atoms with Gasteiger partial charge in [-0.1, -0.05) is 0 Å². The zero-order valence-electron chi connectivity index (χ0n) is 14.2. The van der Waals surface area contributed by atoms with E-state index in [-0.39, 0.29) is 23.6 Å². The molecule has 1 aliphatic heterocycles. The molecule has 1 aromatic heterocycles. The van der Waals surface area contributed by atoms with Crippen LogP contribution in [0.25, 0.3) is 0 Å². The van der Waals surface area contributed by atoms with Crippen molar-refractivity contribution in [3.8, 4) is 0 Å². The molecule has 6 heteroatoms. The summed E-state index contributed by atoms with van der Waals surface area (Å²) in [5, 5.41) is 11.0. The molecule has 0 aliphatic carbocycles. The minimum Gasteiger partial charge on any atom is -0.379 e. The van der Waals surface area contributed by atoms with E-state index < -0.39 is 0 Å². The monoisotopic (exact) mass is 308 g/mol. The molecule has 1 amide bonds. The standard InChI is InChI=1S/C16H28N4O2/c1-11(8-16(2,3)22-5)18-13-6-7-14(21)19-15(13)12-9-17-20(4)10-12/h9-11,13,15,18H,6-8H2,1-5H3,(H,19,21)/t11-,13-,15+/m1/s1. The van der Waals surface area contributed by atoms with E-state index in [1.54, 1.807) is 11.8 Å². The molecular formula is C16H28N4O2. The van der Waals surface area contributed by atoms with Gasteiger partial charge >= 0.3 is 0 Å². The van der Waals surface area contributed by atoms with E-state index >= 15 is 0 Å². The molecular weight excluding hydrogens is 280 g/mol. The third-order valence-electron chi connectivity index (χ3n) is 4.33. The highest BCUT2D eigenvalue weighted by Crippen LogP contribution is 2.25. The molecule has 1 saturated heterocycles. The quantitative estimate of drug-likeness (QED) is 0.836. The average Bonchev–Trinajstić information content (AvgIpc) is 2.86. The molecule has 0 radical (unpaired) electrons. The van der Waals surface area contributed by atoms with Gasteiger partial charge in [-0.05, 0) is 33.6 Å². The van der Waals surface area contributed by atoms with Gasteiger partial charge in [-0.2, -0.15) is 5.10 Å². The number of nitrogens with one attached hydrogen (secondary N) is 2. The molecule has 22 heavy (non-hydrogen) atoms. The average molecular weight is 308 g/mol. The molecule has 3 atom stereocenters. The van der Waals surface area contributed by atoms with Gasteiger partial charge in [0.25, 0.3) is 0 Å². The van der Waals surface area contributed by atoms with Crippen LogP contribution in [0, 0.1) is 0 Å². The molecule has 0 aromatic carbocycles. The van der Waals surface area contributed by atoms with Gasteiger partial charge in [-0.3, -0.25) is 9.48 Å². The number of aryl methyl sites for hydroxylation is 1. The van der Waals surface area contributed by atoms with Crippen LogP contribution in [0.3, 0.4) is 0 Å². The Hall–Kier alpha value is -1.40. The van der Waals surface area contributed by atoms with Crippen LogP contribution in [-0.2, 0) is 16.6 Å². The summed E-state index contributed by atoms with van der Waals surface area (Å²) >= 11 is 0. The molecule has 1 aromatic rings. The van der Waals surface area contributed by atoms with Crippen LogP contribution in [0.4, 0.5) is 0 Å². The lowest BCUT2D eigenvalue weighted by molar-refractivity contribution is -0.124. The van der Waals surface area contributed by atoms with Crippen LogP contribution in [0.2, 0.25) is 0 Å². The third-order valence-corrected chi connectivity index (χ3v) is 4.33. The predicted molar refractivity (Wildman–Crippen MR) is 85.4 cm³/mol. The van der Waals surface area contributed by atoms with Gasteiger partial charge in [-0.25, -0.2) is 0 Å². The van der Waals surface area contributed by atoms with Crippen molar-refractivity contribution in [2.75, 3.05) is 7.11 Å². The zero-order valence-corrected chi connectivity index (χ0v) is 14.2. The third kappa shape index (κ3) is 4.30. The summed E-state index contributed by atoms with van der Waals surface area (Å²) in [5.41, 5.74) is 0.889. The summed E-state index contributed by atoms with van der Waals surface area (Å²) < 4.78 is 7.27. The summed E-state index contributed by atoms with van der Waals surface area (Å²) in [6.45, 7) is 6.34. The smallest absolute Gasteiger partial charge is 0.220 e. The number of carbonyl (C=O) groups excluding carboxylic acids is 1. The van der Waals surface area contributed by atoms with E-state index in [2.05, 4.69) is 36.5 Å². The van der Waals surface area contributed by atoms with E-state index in [1.165, 1.54) is 0 Å². The first-order chi connectivity index (χ1) is 10.3. The number of amides is 1. The fraction of sp³-hybridized carbons (Fsp3) is 0.750. The van der Waals surface area contributed by atoms with Crippen molar-refractivity contribution in [1.82, 2.24) is 20.4 Å². The van der Waals surface area contributed by atoms with Crippen LogP contribution in [0.1, 0.15) is 51.6 Å². The summed E-state index contributed by atoms with van der Waals surface area (Å²) in [6.07, 6.45) is 6.11. The first-order valence-corrected chi connectivity index (χ1v) is 7.90. The molecule has 6 nitrogen and oxygen atoms in total. The van der Waals surface area contributed by atoms with Gasteiger partial charge in [0.05, 0.1) is 17.8 Å². The number of ether oxygens (including phenoxy) is 1. The SMILES string of the molecule is COC(C)(C)C[C@@H](C)N[C@@H]1CCC(=O)N[C@H]1c1cnn(C)c1. The predicted octanol–water partition coefficient (Wildman–Crippen LogP) is 1.53. The Balaban J connectivity index is 2.05. The van der Waals surface area contributed by atoms with Crippen LogP contribution in [-0.4, -0.2) is 40.5 Å². The first-order valence-electron chi connectivity index (χ1n) is 7.90. The molecule has 1 fully saturated rings. The van der Waals surface area contributed by atoms with Gasteiger partial charge in [0, 0.05) is 44.4 Å². The lowest BCUT2D eigenvalue weighted by Gasteiger charge is -2.36. The van der Waals surface area contributed by atoms with E-state index in [9.17, 15) is 4.79 Å². The second-order valence-corrected chi connectivity index (χ2v) is 6.87. The lowest BCUT2D eigenvalue weighted by Crippen LogP contribution is -2.51. The van der Waals surface area contributed by atoms with Crippen molar-refractivity contribution >= 4 is 5.91 Å². The largest absolute Gasteiger partial charge is 0.379 e. The Bertz CT molecular complexity index is 512.